The maximum absolute atomic E-state index is 11.7. The first-order valence-electron chi connectivity index (χ1n) is 12.3. The third-order valence-corrected chi connectivity index (χ3v) is 7.78. The summed E-state index contributed by atoms with van der Waals surface area (Å²) in [5.74, 6) is 0.708. The summed E-state index contributed by atoms with van der Waals surface area (Å²) in [5.41, 5.74) is 1.35. The zero-order valence-electron chi connectivity index (χ0n) is 19.8. The second-order valence-electron chi connectivity index (χ2n) is 10.4. The van der Waals surface area contributed by atoms with E-state index in [0.29, 0.717) is 24.7 Å². The smallest absolute Gasteiger partial charge is 0.308 e. The van der Waals surface area contributed by atoms with Crippen LogP contribution < -0.4 is 0 Å². The largest absolute Gasteiger partial charge is 0.462 e. The van der Waals surface area contributed by atoms with Gasteiger partial charge in [0.25, 0.3) is 0 Å². The van der Waals surface area contributed by atoms with Crippen molar-refractivity contribution in [3.63, 3.8) is 0 Å². The van der Waals surface area contributed by atoms with Crippen molar-refractivity contribution >= 4 is 5.97 Å². The molecule has 5 heteroatoms. The molecule has 3 rings (SSSR count). The summed E-state index contributed by atoms with van der Waals surface area (Å²) in [6, 6.07) is 0. The normalized spacial score (nSPS) is 37.5. The molecule has 0 amide bonds. The van der Waals surface area contributed by atoms with Crippen molar-refractivity contribution in [3.05, 3.63) is 23.8 Å². The van der Waals surface area contributed by atoms with Crippen molar-refractivity contribution in [1.82, 2.24) is 0 Å². The first-order chi connectivity index (χ1) is 14.7. The number of carbonyl (C=O) groups excluding carboxylic acids is 1. The van der Waals surface area contributed by atoms with Crippen LogP contribution in [0.15, 0.2) is 23.8 Å². The van der Waals surface area contributed by atoms with Gasteiger partial charge in [-0.3, -0.25) is 4.79 Å². The molecule has 176 valence electrons. The van der Waals surface area contributed by atoms with E-state index in [-0.39, 0.29) is 35.9 Å². The first kappa shape index (κ1) is 24.5. The Bertz CT molecular complexity index is 671. The Morgan fingerprint density at radius 2 is 2.00 bits per heavy atom. The molecule has 3 aliphatic rings. The van der Waals surface area contributed by atoms with Crippen molar-refractivity contribution in [3.8, 4) is 0 Å². The quantitative estimate of drug-likeness (QED) is 0.520. The van der Waals surface area contributed by atoms with Crippen LogP contribution in [-0.2, 0) is 14.3 Å². The van der Waals surface area contributed by atoms with E-state index in [9.17, 15) is 15.0 Å². The number of hydrogen-bond donors (Lipinski definition) is 2. The minimum atomic E-state index is -0.587. The first-order valence-corrected chi connectivity index (χ1v) is 12.3. The number of allylic oxidation sites excluding steroid dienone is 2. The number of cyclic esters (lactones) is 1. The van der Waals surface area contributed by atoms with Crippen LogP contribution in [-0.4, -0.2) is 47.2 Å². The Labute approximate surface area is 187 Å². The van der Waals surface area contributed by atoms with E-state index in [1.807, 2.05) is 6.08 Å². The highest BCUT2D eigenvalue weighted by molar-refractivity contribution is 5.70. The molecule has 0 saturated carbocycles. The average Bonchev–Trinajstić information content (AvgIpc) is 2.71. The monoisotopic (exact) mass is 434 g/mol. The molecule has 0 unspecified atom stereocenters. The molecule has 31 heavy (non-hydrogen) atoms. The van der Waals surface area contributed by atoms with Gasteiger partial charge in [0.1, 0.15) is 6.10 Å². The molecule has 2 N–H and O–H groups in total. The molecule has 0 radical (unpaired) electrons. The topological polar surface area (TPSA) is 76.0 Å². The summed E-state index contributed by atoms with van der Waals surface area (Å²) in [6.07, 6.45) is 11.4. The van der Waals surface area contributed by atoms with Crippen LogP contribution in [0.25, 0.3) is 0 Å². The fourth-order valence-corrected chi connectivity index (χ4v) is 5.72. The SMILES string of the molecule is CCC[C@](C)(CC)CO[C@H]1C[C@H](O)C=C2C=C[C@@H](C)[C@H](CC[C@@H]3C[C@@H](O)CC(=O)O3)[C@H]21. The zero-order valence-corrected chi connectivity index (χ0v) is 19.8. The lowest BCUT2D eigenvalue weighted by molar-refractivity contribution is -0.160. The summed E-state index contributed by atoms with van der Waals surface area (Å²) in [5, 5.41) is 20.4. The maximum Gasteiger partial charge on any atom is 0.308 e. The number of esters is 1. The van der Waals surface area contributed by atoms with Gasteiger partial charge in [0.2, 0.25) is 0 Å². The Kier molecular flexibility index (Phi) is 8.39. The predicted octanol–water partition coefficient (Wildman–Crippen LogP) is 4.56. The van der Waals surface area contributed by atoms with Crippen molar-refractivity contribution in [1.29, 1.82) is 0 Å². The molecule has 1 heterocycles. The highest BCUT2D eigenvalue weighted by atomic mass is 16.5. The van der Waals surface area contributed by atoms with Gasteiger partial charge in [-0.15, -0.1) is 0 Å². The van der Waals surface area contributed by atoms with Gasteiger partial charge in [0.15, 0.2) is 0 Å². The molecular formula is C26H42O5. The van der Waals surface area contributed by atoms with E-state index >= 15 is 0 Å². The summed E-state index contributed by atoms with van der Waals surface area (Å²) >= 11 is 0. The molecule has 0 aromatic rings. The lowest BCUT2D eigenvalue weighted by Gasteiger charge is -2.44. The Balaban J connectivity index is 1.72. The standard InChI is InChI=1S/C26H42O5/c1-5-11-26(4,6-2)16-30-23-14-19(27)12-18-8-7-17(3)22(25(18)23)10-9-21-13-20(28)15-24(29)31-21/h7-8,12,17,19-23,25,27-28H,5-6,9-11,13-16H2,1-4H3/t17-,19-,20-,21-,22+,23+,25+,26+/m1/s1. The van der Waals surface area contributed by atoms with E-state index in [2.05, 4.69) is 39.8 Å². The number of fused-ring (bicyclic) bond motifs is 1. The number of aliphatic hydroxyl groups excluding tert-OH is 2. The minimum Gasteiger partial charge on any atom is -0.462 e. The summed E-state index contributed by atoms with van der Waals surface area (Å²) in [7, 11) is 0. The molecule has 1 aliphatic heterocycles. The number of ether oxygens (including phenoxy) is 2. The van der Waals surface area contributed by atoms with Crippen LogP contribution in [0.1, 0.15) is 79.1 Å². The fraction of sp³-hybridized carbons (Fsp3) is 0.808. The van der Waals surface area contributed by atoms with Gasteiger partial charge in [-0.25, -0.2) is 0 Å². The van der Waals surface area contributed by atoms with E-state index in [4.69, 9.17) is 9.47 Å². The van der Waals surface area contributed by atoms with Crippen LogP contribution >= 0.6 is 0 Å². The highest BCUT2D eigenvalue weighted by Crippen LogP contribution is 2.44. The minimum absolute atomic E-state index is 0.00497. The maximum atomic E-state index is 11.7. The molecule has 0 aromatic carbocycles. The van der Waals surface area contributed by atoms with Crippen molar-refractivity contribution in [2.24, 2.45) is 23.2 Å². The van der Waals surface area contributed by atoms with Crippen molar-refractivity contribution < 1.29 is 24.5 Å². The van der Waals surface area contributed by atoms with Gasteiger partial charge >= 0.3 is 5.97 Å². The van der Waals surface area contributed by atoms with Gasteiger partial charge in [-0.05, 0) is 48.5 Å². The molecule has 0 aromatic heterocycles. The number of aliphatic hydroxyl groups is 2. The second kappa shape index (κ2) is 10.6. The lowest BCUT2D eigenvalue weighted by Crippen LogP contribution is -2.43. The number of hydrogen-bond acceptors (Lipinski definition) is 5. The van der Waals surface area contributed by atoms with Crippen molar-refractivity contribution in [2.75, 3.05) is 6.61 Å². The van der Waals surface area contributed by atoms with Gasteiger partial charge in [0.05, 0.1) is 31.3 Å². The van der Waals surface area contributed by atoms with E-state index in [1.165, 1.54) is 5.57 Å². The molecule has 8 atom stereocenters. The van der Waals surface area contributed by atoms with E-state index < -0.39 is 12.2 Å². The van der Waals surface area contributed by atoms with Gasteiger partial charge in [0, 0.05) is 18.8 Å². The third kappa shape index (κ3) is 6.21. The molecule has 0 bridgehead atoms. The van der Waals surface area contributed by atoms with Crippen LogP contribution in [0.5, 0.6) is 0 Å². The molecular weight excluding hydrogens is 392 g/mol. The van der Waals surface area contributed by atoms with Gasteiger partial charge in [-0.2, -0.15) is 0 Å². The molecule has 1 fully saturated rings. The molecule has 0 spiro atoms. The molecule has 5 nitrogen and oxygen atoms in total. The Hall–Kier alpha value is -1.17. The van der Waals surface area contributed by atoms with Crippen LogP contribution in [0, 0.1) is 23.2 Å². The summed E-state index contributed by atoms with van der Waals surface area (Å²) in [6.45, 7) is 9.72. The molecule has 1 saturated heterocycles. The van der Waals surface area contributed by atoms with E-state index in [1.54, 1.807) is 0 Å². The Morgan fingerprint density at radius 1 is 1.23 bits per heavy atom. The van der Waals surface area contributed by atoms with E-state index in [0.717, 1.165) is 38.7 Å². The van der Waals surface area contributed by atoms with Crippen LogP contribution in [0.3, 0.4) is 0 Å². The molecule has 2 aliphatic carbocycles. The Morgan fingerprint density at radius 3 is 2.68 bits per heavy atom. The van der Waals surface area contributed by atoms with Gasteiger partial charge in [-0.1, -0.05) is 52.3 Å². The third-order valence-electron chi connectivity index (χ3n) is 7.78. The average molecular weight is 435 g/mol. The van der Waals surface area contributed by atoms with Crippen LogP contribution in [0.2, 0.25) is 0 Å². The summed E-state index contributed by atoms with van der Waals surface area (Å²) in [4.78, 5) is 11.7. The van der Waals surface area contributed by atoms with Crippen LogP contribution in [0.4, 0.5) is 0 Å². The number of rotatable bonds is 9. The van der Waals surface area contributed by atoms with Gasteiger partial charge < -0.3 is 19.7 Å². The second-order valence-corrected chi connectivity index (χ2v) is 10.4. The predicted molar refractivity (Wildman–Crippen MR) is 121 cm³/mol. The lowest BCUT2D eigenvalue weighted by atomic mass is 9.66. The number of carbonyl (C=O) groups is 1. The highest BCUT2D eigenvalue weighted by Gasteiger charge is 2.41. The zero-order chi connectivity index (χ0) is 22.6. The van der Waals surface area contributed by atoms with Crippen molar-refractivity contribution in [2.45, 2.75) is 103 Å². The fourth-order valence-electron chi connectivity index (χ4n) is 5.72. The summed E-state index contributed by atoms with van der Waals surface area (Å²) < 4.78 is 12.1.